The molecule has 0 unspecified atom stereocenters. The van der Waals surface area contributed by atoms with Crippen molar-refractivity contribution in [3.05, 3.63) is 59.7 Å². The van der Waals surface area contributed by atoms with Crippen LogP contribution in [0.3, 0.4) is 0 Å². The Bertz CT molecular complexity index is 720. The monoisotopic (exact) mass is 324 g/mol. The highest BCUT2D eigenvalue weighted by molar-refractivity contribution is 6.00. The van der Waals surface area contributed by atoms with Crippen LogP contribution in [-0.2, 0) is 4.74 Å². The summed E-state index contributed by atoms with van der Waals surface area (Å²) in [5, 5.41) is 0. The minimum absolute atomic E-state index is 0.000723. The fourth-order valence-corrected chi connectivity index (χ4v) is 2.54. The van der Waals surface area contributed by atoms with Crippen molar-refractivity contribution >= 4 is 17.8 Å². The number of amides is 1. The average Bonchev–Trinajstić information content (AvgIpc) is 2.67. The molecule has 5 heteroatoms. The summed E-state index contributed by atoms with van der Waals surface area (Å²) < 4.78 is 10.5. The van der Waals surface area contributed by atoms with Crippen LogP contribution in [0.4, 0.5) is 5.69 Å². The van der Waals surface area contributed by atoms with Crippen molar-refractivity contribution in [2.24, 2.45) is 4.99 Å². The summed E-state index contributed by atoms with van der Waals surface area (Å²) in [6, 6.07) is 15.0. The number of hydrogen-bond acceptors (Lipinski definition) is 4. The van der Waals surface area contributed by atoms with Crippen LogP contribution in [0, 0.1) is 0 Å². The zero-order chi connectivity index (χ0) is 16.8. The molecule has 0 atom stereocenters. The van der Waals surface area contributed by atoms with Crippen molar-refractivity contribution in [3.8, 4) is 5.75 Å². The molecule has 0 saturated carbocycles. The SMILES string of the molecule is COc1ccc(C=Nc2ccccc2C(=O)N2CCOCC2)cc1. The molecule has 0 N–H and O–H groups in total. The Kier molecular flexibility index (Phi) is 5.23. The summed E-state index contributed by atoms with van der Waals surface area (Å²) in [6.07, 6.45) is 1.75. The second-order valence-corrected chi connectivity index (χ2v) is 5.45. The fourth-order valence-electron chi connectivity index (χ4n) is 2.54. The maximum atomic E-state index is 12.7. The highest BCUT2D eigenvalue weighted by atomic mass is 16.5. The predicted octanol–water partition coefficient (Wildman–Crippen LogP) is 2.92. The molecule has 1 aliphatic rings. The molecular formula is C19H20N2O3. The number of para-hydroxylation sites is 1. The summed E-state index contributed by atoms with van der Waals surface area (Å²) in [5.74, 6) is 0.802. The third-order valence-corrected chi connectivity index (χ3v) is 3.90. The van der Waals surface area contributed by atoms with Crippen LogP contribution in [0.15, 0.2) is 53.5 Å². The Hall–Kier alpha value is -2.66. The molecule has 0 radical (unpaired) electrons. The topological polar surface area (TPSA) is 51.1 Å². The lowest BCUT2D eigenvalue weighted by Gasteiger charge is -2.27. The first-order chi connectivity index (χ1) is 11.8. The molecule has 0 aromatic heterocycles. The summed E-state index contributed by atoms with van der Waals surface area (Å²) in [6.45, 7) is 2.41. The third kappa shape index (κ3) is 3.81. The van der Waals surface area contributed by atoms with Gasteiger partial charge in [0.1, 0.15) is 5.75 Å². The molecule has 1 saturated heterocycles. The first-order valence-corrected chi connectivity index (χ1v) is 7.92. The van der Waals surface area contributed by atoms with Crippen molar-refractivity contribution < 1.29 is 14.3 Å². The lowest BCUT2D eigenvalue weighted by Crippen LogP contribution is -2.40. The zero-order valence-electron chi connectivity index (χ0n) is 13.6. The van der Waals surface area contributed by atoms with Gasteiger partial charge in [0.05, 0.1) is 31.6 Å². The number of nitrogens with zero attached hydrogens (tertiary/aromatic N) is 2. The van der Waals surface area contributed by atoms with E-state index >= 15 is 0 Å². The molecule has 124 valence electrons. The van der Waals surface area contributed by atoms with Crippen LogP contribution in [-0.4, -0.2) is 50.4 Å². The van der Waals surface area contributed by atoms with E-state index in [0.29, 0.717) is 37.6 Å². The van der Waals surface area contributed by atoms with Gasteiger partial charge in [-0.1, -0.05) is 12.1 Å². The molecule has 1 amide bonds. The molecule has 5 nitrogen and oxygen atoms in total. The Labute approximate surface area is 141 Å². The van der Waals surface area contributed by atoms with Gasteiger partial charge in [0.15, 0.2) is 0 Å². The second-order valence-electron chi connectivity index (χ2n) is 5.45. The van der Waals surface area contributed by atoms with Gasteiger partial charge in [-0.25, -0.2) is 0 Å². The number of carbonyl (C=O) groups excluding carboxylic acids is 1. The van der Waals surface area contributed by atoms with Crippen LogP contribution in [0.1, 0.15) is 15.9 Å². The first kappa shape index (κ1) is 16.2. The highest BCUT2D eigenvalue weighted by Crippen LogP contribution is 2.21. The third-order valence-electron chi connectivity index (χ3n) is 3.90. The number of rotatable bonds is 4. The Morgan fingerprint density at radius 3 is 2.54 bits per heavy atom. The van der Waals surface area contributed by atoms with E-state index in [1.54, 1.807) is 13.3 Å². The number of ether oxygens (including phenoxy) is 2. The van der Waals surface area contributed by atoms with Crippen molar-refractivity contribution in [1.82, 2.24) is 4.90 Å². The predicted molar refractivity (Wildman–Crippen MR) is 93.4 cm³/mol. The summed E-state index contributed by atoms with van der Waals surface area (Å²) in [7, 11) is 1.64. The summed E-state index contributed by atoms with van der Waals surface area (Å²) >= 11 is 0. The number of morpholine rings is 1. The summed E-state index contributed by atoms with van der Waals surface area (Å²) in [5.41, 5.74) is 2.23. The van der Waals surface area contributed by atoms with Gasteiger partial charge in [-0.05, 0) is 42.0 Å². The summed E-state index contributed by atoms with van der Waals surface area (Å²) in [4.78, 5) is 19.0. The Morgan fingerprint density at radius 1 is 1.12 bits per heavy atom. The number of methoxy groups -OCH3 is 1. The molecule has 2 aromatic carbocycles. The van der Waals surface area contributed by atoms with E-state index in [1.165, 1.54) is 0 Å². The van der Waals surface area contributed by atoms with Gasteiger partial charge in [-0.15, -0.1) is 0 Å². The zero-order valence-corrected chi connectivity index (χ0v) is 13.6. The van der Waals surface area contributed by atoms with Gasteiger partial charge in [0.2, 0.25) is 0 Å². The number of aliphatic imine (C=N–C) groups is 1. The fraction of sp³-hybridized carbons (Fsp3) is 0.263. The maximum Gasteiger partial charge on any atom is 0.256 e. The van der Waals surface area contributed by atoms with Crippen LogP contribution in [0.25, 0.3) is 0 Å². The van der Waals surface area contributed by atoms with Crippen molar-refractivity contribution in [2.45, 2.75) is 0 Å². The lowest BCUT2D eigenvalue weighted by molar-refractivity contribution is 0.0303. The molecule has 2 aromatic rings. The average molecular weight is 324 g/mol. The van der Waals surface area contributed by atoms with E-state index in [2.05, 4.69) is 4.99 Å². The van der Waals surface area contributed by atoms with E-state index in [4.69, 9.17) is 9.47 Å². The number of benzene rings is 2. The van der Waals surface area contributed by atoms with Gasteiger partial charge in [0.25, 0.3) is 5.91 Å². The van der Waals surface area contributed by atoms with Gasteiger partial charge < -0.3 is 14.4 Å². The highest BCUT2D eigenvalue weighted by Gasteiger charge is 2.20. The van der Waals surface area contributed by atoms with Crippen LogP contribution >= 0.6 is 0 Å². The smallest absolute Gasteiger partial charge is 0.256 e. The van der Waals surface area contributed by atoms with Gasteiger partial charge in [-0.2, -0.15) is 0 Å². The molecule has 1 fully saturated rings. The molecule has 3 rings (SSSR count). The van der Waals surface area contributed by atoms with E-state index in [9.17, 15) is 4.79 Å². The standard InChI is InChI=1S/C19H20N2O3/c1-23-16-8-6-15(7-9-16)14-20-18-5-3-2-4-17(18)19(22)21-10-12-24-13-11-21/h2-9,14H,10-13H2,1H3. The Balaban J connectivity index is 1.80. The molecule has 0 bridgehead atoms. The minimum Gasteiger partial charge on any atom is -0.497 e. The molecule has 0 aliphatic carbocycles. The van der Waals surface area contributed by atoms with Crippen molar-refractivity contribution in [2.75, 3.05) is 33.4 Å². The second kappa shape index (κ2) is 7.75. The number of carbonyl (C=O) groups is 1. The quantitative estimate of drug-likeness (QED) is 0.813. The molecule has 1 heterocycles. The van der Waals surface area contributed by atoms with Gasteiger partial charge in [-0.3, -0.25) is 9.79 Å². The van der Waals surface area contributed by atoms with E-state index < -0.39 is 0 Å². The largest absolute Gasteiger partial charge is 0.497 e. The van der Waals surface area contributed by atoms with Gasteiger partial charge in [0, 0.05) is 19.3 Å². The van der Waals surface area contributed by atoms with E-state index in [1.807, 2.05) is 53.4 Å². The van der Waals surface area contributed by atoms with E-state index in [-0.39, 0.29) is 5.91 Å². The lowest BCUT2D eigenvalue weighted by atomic mass is 10.1. The van der Waals surface area contributed by atoms with Crippen LogP contribution < -0.4 is 4.74 Å². The van der Waals surface area contributed by atoms with Crippen molar-refractivity contribution in [3.63, 3.8) is 0 Å². The molecule has 0 spiro atoms. The minimum atomic E-state index is 0.000723. The Morgan fingerprint density at radius 2 is 1.83 bits per heavy atom. The normalized spacial score (nSPS) is 14.8. The van der Waals surface area contributed by atoms with Crippen LogP contribution in [0.5, 0.6) is 5.75 Å². The van der Waals surface area contributed by atoms with E-state index in [0.717, 1.165) is 11.3 Å². The molecule has 1 aliphatic heterocycles. The van der Waals surface area contributed by atoms with Crippen LogP contribution in [0.2, 0.25) is 0 Å². The molecular weight excluding hydrogens is 304 g/mol. The number of hydrogen-bond donors (Lipinski definition) is 0. The van der Waals surface area contributed by atoms with Gasteiger partial charge >= 0.3 is 0 Å². The molecule has 24 heavy (non-hydrogen) atoms. The van der Waals surface area contributed by atoms with Crippen molar-refractivity contribution in [1.29, 1.82) is 0 Å². The first-order valence-electron chi connectivity index (χ1n) is 7.92. The maximum absolute atomic E-state index is 12.7.